The minimum absolute atomic E-state index is 0.138. The molecule has 0 spiro atoms. The SMILES string of the molecule is CN(CCC(=O)N(C)Cc1ccccc1)Cc1noc(C2CCC2)n1. The zero-order chi connectivity index (χ0) is 17.6. The monoisotopic (exact) mass is 342 g/mol. The third-order valence-corrected chi connectivity index (χ3v) is 4.75. The number of hydrogen-bond acceptors (Lipinski definition) is 5. The number of carbonyl (C=O) groups excluding carboxylic acids is 1. The molecule has 3 rings (SSSR count). The van der Waals surface area contributed by atoms with Crippen LogP contribution in [0, 0.1) is 0 Å². The minimum Gasteiger partial charge on any atom is -0.341 e. The maximum absolute atomic E-state index is 12.3. The van der Waals surface area contributed by atoms with Crippen molar-refractivity contribution < 1.29 is 9.32 Å². The number of carbonyl (C=O) groups is 1. The van der Waals surface area contributed by atoms with Crippen LogP contribution in [0.15, 0.2) is 34.9 Å². The van der Waals surface area contributed by atoms with Crippen LogP contribution < -0.4 is 0 Å². The first kappa shape index (κ1) is 17.6. The fraction of sp³-hybridized carbons (Fsp3) is 0.526. The van der Waals surface area contributed by atoms with Crippen molar-refractivity contribution in [1.29, 1.82) is 0 Å². The second-order valence-electron chi connectivity index (χ2n) is 6.90. The Bertz CT molecular complexity index is 682. The maximum Gasteiger partial charge on any atom is 0.229 e. The molecule has 0 radical (unpaired) electrons. The van der Waals surface area contributed by atoms with Gasteiger partial charge in [-0.15, -0.1) is 0 Å². The van der Waals surface area contributed by atoms with Crippen LogP contribution in [0.25, 0.3) is 0 Å². The van der Waals surface area contributed by atoms with E-state index in [-0.39, 0.29) is 5.91 Å². The summed E-state index contributed by atoms with van der Waals surface area (Å²) in [5.74, 6) is 2.07. The molecule has 1 aliphatic rings. The summed E-state index contributed by atoms with van der Waals surface area (Å²) < 4.78 is 5.34. The van der Waals surface area contributed by atoms with Gasteiger partial charge in [-0.25, -0.2) is 0 Å². The Labute approximate surface area is 148 Å². The second kappa shape index (κ2) is 8.25. The standard InChI is InChI=1S/C19H26N4O2/c1-22(14-17-20-19(25-21-17)16-9-6-10-16)12-11-18(24)23(2)13-15-7-4-3-5-8-15/h3-5,7-8,16H,6,9-14H2,1-2H3. The van der Waals surface area contributed by atoms with Gasteiger partial charge in [0.1, 0.15) is 0 Å². The normalized spacial score (nSPS) is 14.5. The highest BCUT2D eigenvalue weighted by Gasteiger charge is 2.25. The number of aromatic nitrogens is 2. The van der Waals surface area contributed by atoms with Gasteiger partial charge in [0.25, 0.3) is 0 Å². The summed E-state index contributed by atoms with van der Waals surface area (Å²) >= 11 is 0. The smallest absolute Gasteiger partial charge is 0.229 e. The molecule has 0 N–H and O–H groups in total. The van der Waals surface area contributed by atoms with E-state index < -0.39 is 0 Å². The molecule has 0 atom stereocenters. The molecule has 2 aromatic rings. The second-order valence-corrected chi connectivity index (χ2v) is 6.90. The third kappa shape index (κ3) is 4.89. The van der Waals surface area contributed by atoms with Crippen molar-refractivity contribution in [1.82, 2.24) is 19.9 Å². The minimum atomic E-state index is 0.138. The zero-order valence-corrected chi connectivity index (χ0v) is 15.0. The summed E-state index contributed by atoms with van der Waals surface area (Å²) in [6.07, 6.45) is 4.04. The van der Waals surface area contributed by atoms with E-state index in [1.54, 1.807) is 4.90 Å². The van der Waals surface area contributed by atoms with Crippen molar-refractivity contribution in [2.24, 2.45) is 0 Å². The van der Waals surface area contributed by atoms with E-state index in [4.69, 9.17) is 4.52 Å². The summed E-state index contributed by atoms with van der Waals surface area (Å²) in [7, 11) is 3.82. The van der Waals surface area contributed by atoms with Crippen LogP contribution in [0.3, 0.4) is 0 Å². The zero-order valence-electron chi connectivity index (χ0n) is 15.0. The van der Waals surface area contributed by atoms with Crippen molar-refractivity contribution in [3.63, 3.8) is 0 Å². The number of hydrogen-bond donors (Lipinski definition) is 0. The Morgan fingerprint density at radius 2 is 1.96 bits per heavy atom. The Morgan fingerprint density at radius 1 is 1.20 bits per heavy atom. The highest BCUT2D eigenvalue weighted by atomic mass is 16.5. The van der Waals surface area contributed by atoms with Crippen molar-refractivity contribution in [2.75, 3.05) is 20.6 Å². The van der Waals surface area contributed by atoms with Gasteiger partial charge in [0.2, 0.25) is 11.8 Å². The molecule has 0 bridgehead atoms. The Morgan fingerprint density at radius 3 is 2.64 bits per heavy atom. The lowest BCUT2D eigenvalue weighted by Crippen LogP contribution is -2.30. The van der Waals surface area contributed by atoms with Gasteiger partial charge < -0.3 is 9.42 Å². The molecule has 1 saturated carbocycles. The van der Waals surface area contributed by atoms with Crippen LogP contribution in [0.2, 0.25) is 0 Å². The van der Waals surface area contributed by atoms with Crippen LogP contribution in [0.5, 0.6) is 0 Å². The molecule has 1 aromatic carbocycles. The van der Waals surface area contributed by atoms with Gasteiger partial charge in [0, 0.05) is 32.5 Å². The van der Waals surface area contributed by atoms with E-state index in [1.807, 2.05) is 44.4 Å². The Balaban J connectivity index is 1.41. The molecule has 1 fully saturated rings. The van der Waals surface area contributed by atoms with E-state index in [0.717, 1.165) is 24.3 Å². The van der Waals surface area contributed by atoms with Gasteiger partial charge in [-0.2, -0.15) is 4.98 Å². The largest absolute Gasteiger partial charge is 0.341 e. The summed E-state index contributed by atoms with van der Waals surface area (Å²) in [6.45, 7) is 1.91. The number of nitrogens with zero attached hydrogens (tertiary/aromatic N) is 4. The lowest BCUT2D eigenvalue weighted by Gasteiger charge is -2.20. The molecule has 6 nitrogen and oxygen atoms in total. The van der Waals surface area contributed by atoms with E-state index in [1.165, 1.54) is 6.42 Å². The molecule has 134 valence electrons. The van der Waals surface area contributed by atoms with Gasteiger partial charge in [0.05, 0.1) is 6.54 Å². The molecule has 0 aliphatic heterocycles. The van der Waals surface area contributed by atoms with Crippen LogP contribution in [-0.4, -0.2) is 46.5 Å². The summed E-state index contributed by atoms with van der Waals surface area (Å²) in [5.41, 5.74) is 1.14. The van der Waals surface area contributed by atoms with Gasteiger partial charge >= 0.3 is 0 Å². The molecule has 25 heavy (non-hydrogen) atoms. The summed E-state index contributed by atoms with van der Waals surface area (Å²) in [6, 6.07) is 10.0. The van der Waals surface area contributed by atoms with Crippen LogP contribution in [0.4, 0.5) is 0 Å². The van der Waals surface area contributed by atoms with E-state index >= 15 is 0 Å². The number of benzene rings is 1. The van der Waals surface area contributed by atoms with Crippen molar-refractivity contribution in [3.05, 3.63) is 47.6 Å². The van der Waals surface area contributed by atoms with E-state index in [0.29, 0.717) is 37.8 Å². The van der Waals surface area contributed by atoms with E-state index in [9.17, 15) is 4.79 Å². The lowest BCUT2D eigenvalue weighted by molar-refractivity contribution is -0.130. The number of rotatable bonds is 8. The molecular weight excluding hydrogens is 316 g/mol. The molecular formula is C19H26N4O2. The van der Waals surface area contributed by atoms with Crippen LogP contribution in [-0.2, 0) is 17.9 Å². The molecule has 1 amide bonds. The first-order valence-corrected chi connectivity index (χ1v) is 8.90. The van der Waals surface area contributed by atoms with Gasteiger partial charge in [0.15, 0.2) is 5.82 Å². The van der Waals surface area contributed by atoms with Crippen molar-refractivity contribution in [2.45, 2.75) is 44.7 Å². The first-order chi connectivity index (χ1) is 12.1. The maximum atomic E-state index is 12.3. The van der Waals surface area contributed by atoms with Gasteiger partial charge in [-0.05, 0) is 25.5 Å². The summed E-state index contributed by atoms with van der Waals surface area (Å²) in [5, 5.41) is 4.05. The highest BCUT2D eigenvalue weighted by molar-refractivity contribution is 5.76. The quantitative estimate of drug-likeness (QED) is 0.738. The molecule has 1 aliphatic carbocycles. The highest BCUT2D eigenvalue weighted by Crippen LogP contribution is 2.35. The Hall–Kier alpha value is -2.21. The van der Waals surface area contributed by atoms with E-state index in [2.05, 4.69) is 15.0 Å². The Kier molecular flexibility index (Phi) is 5.81. The summed E-state index contributed by atoms with van der Waals surface area (Å²) in [4.78, 5) is 20.6. The van der Waals surface area contributed by atoms with Gasteiger partial charge in [-0.1, -0.05) is 41.9 Å². The average Bonchev–Trinajstić information content (AvgIpc) is 2.99. The third-order valence-electron chi connectivity index (χ3n) is 4.75. The topological polar surface area (TPSA) is 62.5 Å². The van der Waals surface area contributed by atoms with Crippen LogP contribution >= 0.6 is 0 Å². The molecule has 1 heterocycles. The molecule has 1 aromatic heterocycles. The molecule has 0 saturated heterocycles. The lowest BCUT2D eigenvalue weighted by atomic mass is 9.85. The molecule has 6 heteroatoms. The average molecular weight is 342 g/mol. The van der Waals surface area contributed by atoms with Gasteiger partial charge in [-0.3, -0.25) is 9.69 Å². The fourth-order valence-corrected chi connectivity index (χ4v) is 2.90. The molecule has 0 unspecified atom stereocenters. The first-order valence-electron chi connectivity index (χ1n) is 8.90. The fourth-order valence-electron chi connectivity index (χ4n) is 2.90. The van der Waals surface area contributed by atoms with Crippen LogP contribution in [0.1, 0.15) is 48.9 Å². The van der Waals surface area contributed by atoms with Crippen molar-refractivity contribution in [3.8, 4) is 0 Å². The predicted molar refractivity (Wildman–Crippen MR) is 94.8 cm³/mol. The van der Waals surface area contributed by atoms with Crippen molar-refractivity contribution >= 4 is 5.91 Å². The predicted octanol–water partition coefficient (Wildman–Crippen LogP) is 2.82. The number of amides is 1.